The number of hydrogen-bond acceptors (Lipinski definition) is 4. The van der Waals surface area contributed by atoms with Crippen LogP contribution < -0.4 is 11.1 Å². The summed E-state index contributed by atoms with van der Waals surface area (Å²) in [5.74, 6) is -0.824. The van der Waals surface area contributed by atoms with E-state index in [1.54, 1.807) is 20.8 Å². The number of rotatable bonds is 3. The van der Waals surface area contributed by atoms with Gasteiger partial charge >= 0.3 is 6.09 Å². The van der Waals surface area contributed by atoms with Gasteiger partial charge in [-0.2, -0.15) is 0 Å². The van der Waals surface area contributed by atoms with Gasteiger partial charge in [-0.25, -0.2) is 4.79 Å². The molecule has 0 saturated carbocycles. The summed E-state index contributed by atoms with van der Waals surface area (Å²) in [6.07, 6.45) is 2.88. The highest BCUT2D eigenvalue weighted by atomic mass is 16.6. The van der Waals surface area contributed by atoms with Crippen LogP contribution in [0, 0.1) is 0 Å². The molecule has 1 fully saturated rings. The van der Waals surface area contributed by atoms with Crippen LogP contribution in [0.1, 0.15) is 63.2 Å². The first-order chi connectivity index (χ1) is 11.6. The number of nitrogens with two attached hydrogens (primary N) is 1. The van der Waals surface area contributed by atoms with Crippen LogP contribution in [0.15, 0.2) is 13.2 Å². The second-order valence-corrected chi connectivity index (χ2v) is 6.56. The number of carbonyl (C=O) groups is 3. The lowest BCUT2D eigenvalue weighted by molar-refractivity contribution is -0.140. The van der Waals surface area contributed by atoms with Crippen molar-refractivity contribution >= 4 is 17.9 Å². The lowest BCUT2D eigenvalue weighted by atomic mass is 10.0. The van der Waals surface area contributed by atoms with Crippen molar-refractivity contribution < 1.29 is 22.0 Å². The number of nitrogens with one attached hydrogen (secondary N) is 1. The number of alkyl carbamates (subject to hydrolysis) is 1. The second kappa shape index (κ2) is 13.3. The molecule has 7 nitrogen and oxygen atoms in total. The molecule has 1 saturated heterocycles. The van der Waals surface area contributed by atoms with Crippen molar-refractivity contribution in [3.8, 4) is 0 Å². The standard InChI is InChI=1S/C13H23N3O4.C3H8.C2H4.2H2/c1-13(2,3)20-12(19)15-8-10(17)16-7-5-4-6-9(16)11(14)18;1-3-2;1-2;;/h9H,4-8H2,1-3H3,(H2,14,18)(H,15,19);3H2,1-2H3;1-2H2;2*1H/t9-;;;;/m0..../s1. The van der Waals surface area contributed by atoms with Crippen LogP contribution >= 0.6 is 0 Å². The van der Waals surface area contributed by atoms with E-state index in [-0.39, 0.29) is 15.3 Å². The van der Waals surface area contributed by atoms with Gasteiger partial charge in [0.1, 0.15) is 18.2 Å². The zero-order chi connectivity index (χ0) is 20.0. The maximum Gasteiger partial charge on any atom is 0.408 e. The third kappa shape index (κ3) is 12.0. The second-order valence-electron chi connectivity index (χ2n) is 6.56. The van der Waals surface area contributed by atoms with Gasteiger partial charge in [0.2, 0.25) is 11.8 Å². The van der Waals surface area contributed by atoms with E-state index in [2.05, 4.69) is 32.3 Å². The zero-order valence-electron chi connectivity index (χ0n) is 16.4. The van der Waals surface area contributed by atoms with Gasteiger partial charge in [-0.15, -0.1) is 13.2 Å². The molecule has 0 aromatic heterocycles. The summed E-state index contributed by atoms with van der Waals surface area (Å²) >= 11 is 0. The van der Waals surface area contributed by atoms with Crippen LogP contribution in [0.5, 0.6) is 0 Å². The molecule has 1 aliphatic rings. The van der Waals surface area contributed by atoms with Crippen molar-refractivity contribution in [2.24, 2.45) is 5.73 Å². The Bertz CT molecular complexity index is 429. The predicted octanol–water partition coefficient (Wildman–Crippen LogP) is 3.09. The van der Waals surface area contributed by atoms with Gasteiger partial charge in [0.25, 0.3) is 0 Å². The normalized spacial score (nSPS) is 16.4. The first-order valence-electron chi connectivity index (χ1n) is 8.68. The van der Waals surface area contributed by atoms with Crippen molar-refractivity contribution in [1.82, 2.24) is 10.2 Å². The molecule has 0 aromatic carbocycles. The number of hydrogen-bond donors (Lipinski definition) is 2. The Morgan fingerprint density at radius 1 is 1.24 bits per heavy atom. The van der Waals surface area contributed by atoms with Crippen molar-refractivity contribution in [2.45, 2.75) is 71.9 Å². The molecule has 25 heavy (non-hydrogen) atoms. The van der Waals surface area contributed by atoms with E-state index in [0.29, 0.717) is 13.0 Å². The number of ether oxygens (including phenoxy) is 1. The third-order valence-corrected chi connectivity index (χ3v) is 2.93. The van der Waals surface area contributed by atoms with E-state index in [4.69, 9.17) is 10.5 Å². The summed E-state index contributed by atoms with van der Waals surface area (Å²) in [6.45, 7) is 15.8. The fraction of sp³-hybridized carbons (Fsp3) is 0.722. The van der Waals surface area contributed by atoms with Crippen LogP contribution in [0.2, 0.25) is 0 Å². The van der Waals surface area contributed by atoms with E-state index in [1.165, 1.54) is 11.3 Å². The summed E-state index contributed by atoms with van der Waals surface area (Å²) in [4.78, 5) is 36.2. The number of primary amides is 1. The molecule has 7 heteroatoms. The lowest BCUT2D eigenvalue weighted by Crippen LogP contribution is -2.53. The number of amides is 3. The summed E-state index contributed by atoms with van der Waals surface area (Å²) in [5.41, 5.74) is 4.67. The Morgan fingerprint density at radius 2 is 1.76 bits per heavy atom. The van der Waals surface area contributed by atoms with E-state index < -0.39 is 23.6 Å². The molecule has 0 spiro atoms. The van der Waals surface area contributed by atoms with Gasteiger partial charge in [0, 0.05) is 9.40 Å². The van der Waals surface area contributed by atoms with Crippen LogP contribution in [-0.4, -0.2) is 47.5 Å². The van der Waals surface area contributed by atoms with E-state index in [9.17, 15) is 14.4 Å². The van der Waals surface area contributed by atoms with Crippen LogP contribution in [0.3, 0.4) is 0 Å². The van der Waals surface area contributed by atoms with Gasteiger partial charge in [0.05, 0.1) is 0 Å². The Hall–Kier alpha value is -2.05. The largest absolute Gasteiger partial charge is 0.444 e. The molecular weight excluding hydrogens is 322 g/mol. The first-order valence-corrected chi connectivity index (χ1v) is 8.68. The molecule has 3 amide bonds. The Balaban J connectivity index is -0.000000343. The monoisotopic (exact) mass is 361 g/mol. The maximum absolute atomic E-state index is 12.0. The fourth-order valence-corrected chi connectivity index (χ4v) is 2.09. The Morgan fingerprint density at radius 3 is 2.20 bits per heavy atom. The van der Waals surface area contributed by atoms with Crippen molar-refractivity contribution in [3.63, 3.8) is 0 Å². The maximum atomic E-state index is 12.0. The highest BCUT2D eigenvalue weighted by Gasteiger charge is 2.30. The molecule has 1 heterocycles. The molecule has 1 aliphatic heterocycles. The Kier molecular flexibility index (Phi) is 13.4. The van der Waals surface area contributed by atoms with Gasteiger partial charge in [-0.05, 0) is 40.0 Å². The lowest BCUT2D eigenvalue weighted by Gasteiger charge is -2.33. The average Bonchev–Trinajstić information content (AvgIpc) is 2.53. The number of nitrogens with zero attached hydrogens (tertiary/aromatic N) is 1. The SMILES string of the molecule is C=C.CC(C)(C)OC(=O)NCC(=O)N1CCCC[C@H]1C(N)=O.CCC.[HH].[HH]. The summed E-state index contributed by atoms with van der Waals surface area (Å²) in [5, 5.41) is 2.39. The fourth-order valence-electron chi connectivity index (χ4n) is 2.09. The Labute approximate surface area is 154 Å². The van der Waals surface area contributed by atoms with E-state index in [0.717, 1.165) is 12.8 Å². The topological polar surface area (TPSA) is 102 Å². The van der Waals surface area contributed by atoms with Crippen LogP contribution in [0.4, 0.5) is 4.79 Å². The van der Waals surface area contributed by atoms with Crippen molar-refractivity contribution in [3.05, 3.63) is 13.2 Å². The van der Waals surface area contributed by atoms with Crippen molar-refractivity contribution in [1.29, 1.82) is 0 Å². The zero-order valence-corrected chi connectivity index (χ0v) is 16.4. The smallest absolute Gasteiger partial charge is 0.408 e. The molecule has 0 bridgehead atoms. The molecule has 3 N–H and O–H groups in total. The predicted molar refractivity (Wildman–Crippen MR) is 104 cm³/mol. The highest BCUT2D eigenvalue weighted by Crippen LogP contribution is 2.16. The number of piperidine rings is 1. The summed E-state index contributed by atoms with van der Waals surface area (Å²) < 4.78 is 5.04. The molecule has 0 unspecified atom stereocenters. The summed E-state index contributed by atoms with van der Waals surface area (Å²) in [6, 6.07) is -0.573. The molecule has 1 rings (SSSR count). The molecular formula is C18H39N3O4. The van der Waals surface area contributed by atoms with E-state index in [1.807, 2.05) is 0 Å². The molecule has 0 aromatic rings. The number of carbonyl (C=O) groups excluding carboxylic acids is 3. The summed E-state index contributed by atoms with van der Waals surface area (Å²) in [7, 11) is 0. The average molecular weight is 362 g/mol. The van der Waals surface area contributed by atoms with Crippen LogP contribution in [0.25, 0.3) is 0 Å². The molecule has 150 valence electrons. The number of likely N-dealkylation sites (tertiary alicyclic amines) is 1. The molecule has 1 atom stereocenters. The molecule has 0 radical (unpaired) electrons. The quantitative estimate of drug-likeness (QED) is 0.754. The minimum Gasteiger partial charge on any atom is -0.444 e. The highest BCUT2D eigenvalue weighted by molar-refractivity contribution is 5.88. The van der Waals surface area contributed by atoms with Crippen LogP contribution in [-0.2, 0) is 14.3 Å². The minimum absolute atomic E-state index is 0. The van der Waals surface area contributed by atoms with Gasteiger partial charge < -0.3 is 20.7 Å². The van der Waals surface area contributed by atoms with Gasteiger partial charge in [0.15, 0.2) is 0 Å². The van der Waals surface area contributed by atoms with E-state index >= 15 is 0 Å². The minimum atomic E-state index is -0.654. The van der Waals surface area contributed by atoms with Gasteiger partial charge in [-0.3, -0.25) is 9.59 Å². The van der Waals surface area contributed by atoms with Crippen molar-refractivity contribution in [2.75, 3.05) is 13.1 Å². The molecule has 0 aliphatic carbocycles. The van der Waals surface area contributed by atoms with Gasteiger partial charge in [-0.1, -0.05) is 20.3 Å². The third-order valence-electron chi connectivity index (χ3n) is 2.93. The first kappa shape index (κ1) is 25.2.